The Morgan fingerprint density at radius 2 is 2.00 bits per heavy atom. The zero-order valence-corrected chi connectivity index (χ0v) is 17.2. The van der Waals surface area contributed by atoms with Crippen LogP contribution in [0.1, 0.15) is 44.7 Å². The number of benzene rings is 2. The Labute approximate surface area is 175 Å². The summed E-state index contributed by atoms with van der Waals surface area (Å²) in [5.74, 6) is 1.71. The molecule has 0 radical (unpaired) electrons. The number of fused-ring (bicyclic) bond motifs is 1. The molecule has 29 heavy (non-hydrogen) atoms. The van der Waals surface area contributed by atoms with E-state index >= 15 is 0 Å². The van der Waals surface area contributed by atoms with Crippen LogP contribution in [0.2, 0.25) is 5.02 Å². The van der Waals surface area contributed by atoms with Gasteiger partial charge in [0.15, 0.2) is 0 Å². The SMILES string of the molecule is CC(=O)NC(C)c1ccc2nc(Oc3ccc(OC4CCC4)cc3Cl)ccc2c1. The largest absolute Gasteiger partial charge is 0.490 e. The first kappa shape index (κ1) is 19.5. The number of pyridine rings is 1. The van der Waals surface area contributed by atoms with Crippen molar-refractivity contribution >= 4 is 28.4 Å². The number of hydrogen-bond donors (Lipinski definition) is 1. The molecule has 3 aromatic rings. The summed E-state index contributed by atoms with van der Waals surface area (Å²) in [6, 6.07) is 15.1. The van der Waals surface area contributed by atoms with E-state index in [9.17, 15) is 4.79 Å². The molecule has 1 saturated carbocycles. The topological polar surface area (TPSA) is 60.5 Å². The van der Waals surface area contributed by atoms with Gasteiger partial charge in [-0.15, -0.1) is 0 Å². The van der Waals surface area contributed by atoms with E-state index < -0.39 is 0 Å². The smallest absolute Gasteiger partial charge is 0.219 e. The maximum atomic E-state index is 11.3. The highest BCUT2D eigenvalue weighted by Gasteiger charge is 2.19. The highest BCUT2D eigenvalue weighted by Crippen LogP contribution is 2.34. The molecule has 1 unspecified atom stereocenters. The second-order valence-corrected chi connectivity index (χ2v) is 7.80. The molecule has 0 spiro atoms. The van der Waals surface area contributed by atoms with Crippen LogP contribution < -0.4 is 14.8 Å². The van der Waals surface area contributed by atoms with E-state index in [1.165, 1.54) is 13.3 Å². The van der Waals surface area contributed by atoms with Crippen molar-refractivity contribution in [2.75, 3.05) is 0 Å². The number of carbonyl (C=O) groups excluding carboxylic acids is 1. The second-order valence-electron chi connectivity index (χ2n) is 7.39. The fourth-order valence-electron chi connectivity index (χ4n) is 3.27. The third kappa shape index (κ3) is 4.62. The molecule has 0 aliphatic heterocycles. The zero-order valence-electron chi connectivity index (χ0n) is 16.4. The summed E-state index contributed by atoms with van der Waals surface area (Å²) in [6.45, 7) is 3.47. The van der Waals surface area contributed by atoms with Crippen molar-refractivity contribution in [3.8, 4) is 17.4 Å². The Hall–Kier alpha value is -2.79. The Morgan fingerprint density at radius 3 is 2.69 bits per heavy atom. The highest BCUT2D eigenvalue weighted by atomic mass is 35.5. The van der Waals surface area contributed by atoms with Crippen LogP contribution in [-0.4, -0.2) is 17.0 Å². The average Bonchev–Trinajstić information content (AvgIpc) is 2.65. The van der Waals surface area contributed by atoms with E-state index in [4.69, 9.17) is 21.1 Å². The van der Waals surface area contributed by atoms with Crippen LogP contribution in [0, 0.1) is 0 Å². The summed E-state index contributed by atoms with van der Waals surface area (Å²) >= 11 is 6.37. The quantitative estimate of drug-likeness (QED) is 0.557. The monoisotopic (exact) mass is 410 g/mol. The molecule has 4 rings (SSSR count). The molecule has 1 amide bonds. The number of halogens is 1. The van der Waals surface area contributed by atoms with Crippen molar-refractivity contribution in [2.45, 2.75) is 45.3 Å². The molecular weight excluding hydrogens is 388 g/mol. The minimum absolute atomic E-state index is 0.0551. The molecule has 0 bridgehead atoms. The van der Waals surface area contributed by atoms with Gasteiger partial charge in [0.2, 0.25) is 11.8 Å². The molecule has 1 heterocycles. The normalized spacial score (nSPS) is 14.9. The number of rotatable bonds is 6. The van der Waals surface area contributed by atoms with Crippen LogP contribution in [-0.2, 0) is 4.79 Å². The zero-order chi connectivity index (χ0) is 20.4. The van der Waals surface area contributed by atoms with Crippen molar-refractivity contribution < 1.29 is 14.3 Å². The highest BCUT2D eigenvalue weighted by molar-refractivity contribution is 6.32. The Kier molecular flexibility index (Phi) is 5.58. The van der Waals surface area contributed by atoms with Gasteiger partial charge >= 0.3 is 0 Å². The second kappa shape index (κ2) is 8.29. The van der Waals surface area contributed by atoms with Crippen LogP contribution >= 0.6 is 11.6 Å². The van der Waals surface area contributed by atoms with E-state index in [1.54, 1.807) is 12.1 Å². The fourth-order valence-corrected chi connectivity index (χ4v) is 3.48. The van der Waals surface area contributed by atoms with Crippen LogP contribution in [0.5, 0.6) is 17.4 Å². The van der Waals surface area contributed by atoms with Crippen molar-refractivity contribution in [1.82, 2.24) is 10.3 Å². The molecule has 0 saturated heterocycles. The Balaban J connectivity index is 1.50. The number of carbonyl (C=O) groups is 1. The van der Waals surface area contributed by atoms with E-state index in [0.717, 1.165) is 35.1 Å². The lowest BCUT2D eigenvalue weighted by Crippen LogP contribution is -2.24. The molecule has 1 aliphatic rings. The molecule has 1 aliphatic carbocycles. The number of aromatic nitrogens is 1. The van der Waals surface area contributed by atoms with Gasteiger partial charge in [-0.2, -0.15) is 0 Å². The number of nitrogens with one attached hydrogen (secondary N) is 1. The lowest BCUT2D eigenvalue weighted by atomic mass is 9.96. The Morgan fingerprint density at radius 1 is 1.17 bits per heavy atom. The molecule has 1 aromatic heterocycles. The van der Waals surface area contributed by atoms with Crippen LogP contribution in [0.3, 0.4) is 0 Å². The van der Waals surface area contributed by atoms with E-state index in [2.05, 4.69) is 10.3 Å². The number of hydrogen-bond acceptors (Lipinski definition) is 4. The minimum Gasteiger partial charge on any atom is -0.490 e. The van der Waals surface area contributed by atoms with Gasteiger partial charge in [-0.05, 0) is 62.1 Å². The molecule has 1 fully saturated rings. The summed E-state index contributed by atoms with van der Waals surface area (Å²) in [7, 11) is 0. The van der Waals surface area contributed by atoms with E-state index in [0.29, 0.717) is 22.8 Å². The number of amides is 1. The third-order valence-electron chi connectivity index (χ3n) is 5.08. The van der Waals surface area contributed by atoms with Gasteiger partial charge in [0, 0.05) is 24.4 Å². The first-order chi connectivity index (χ1) is 14.0. The summed E-state index contributed by atoms with van der Waals surface area (Å²) in [5, 5.41) is 4.35. The molecule has 150 valence electrons. The minimum atomic E-state index is -0.0627. The molecule has 1 N–H and O–H groups in total. The van der Waals surface area contributed by atoms with Crippen LogP contribution in [0.25, 0.3) is 10.9 Å². The summed E-state index contributed by atoms with van der Waals surface area (Å²) in [6.07, 6.45) is 3.73. The van der Waals surface area contributed by atoms with Crippen molar-refractivity contribution in [3.05, 3.63) is 59.1 Å². The van der Waals surface area contributed by atoms with Crippen molar-refractivity contribution in [1.29, 1.82) is 0 Å². The van der Waals surface area contributed by atoms with E-state index in [-0.39, 0.29) is 11.9 Å². The maximum absolute atomic E-state index is 11.3. The van der Waals surface area contributed by atoms with Gasteiger partial charge in [0.25, 0.3) is 0 Å². The van der Waals surface area contributed by atoms with Gasteiger partial charge in [0.05, 0.1) is 22.7 Å². The lowest BCUT2D eigenvalue weighted by molar-refractivity contribution is -0.119. The molecular formula is C23H23ClN2O3. The molecule has 2 aromatic carbocycles. The molecule has 5 nitrogen and oxygen atoms in total. The van der Waals surface area contributed by atoms with Crippen LogP contribution in [0.4, 0.5) is 0 Å². The first-order valence-corrected chi connectivity index (χ1v) is 10.2. The standard InChI is InChI=1S/C23H23ClN2O3/c1-14(25-15(2)27)16-6-9-21-17(12-16)7-11-23(26-21)29-22-10-8-19(13-20(22)24)28-18-4-3-5-18/h6-14,18H,3-5H2,1-2H3,(H,25,27). The Bertz CT molecular complexity index is 1050. The van der Waals surface area contributed by atoms with Crippen LogP contribution in [0.15, 0.2) is 48.5 Å². The summed E-state index contributed by atoms with van der Waals surface area (Å²) in [5.41, 5.74) is 1.83. The van der Waals surface area contributed by atoms with Gasteiger partial charge in [-0.25, -0.2) is 4.98 Å². The van der Waals surface area contributed by atoms with Crippen molar-refractivity contribution in [2.24, 2.45) is 0 Å². The summed E-state index contributed by atoms with van der Waals surface area (Å²) in [4.78, 5) is 15.8. The predicted octanol–water partition coefficient (Wildman–Crippen LogP) is 5.81. The van der Waals surface area contributed by atoms with E-state index in [1.807, 2.05) is 43.3 Å². The van der Waals surface area contributed by atoms with Crippen molar-refractivity contribution in [3.63, 3.8) is 0 Å². The van der Waals surface area contributed by atoms with Gasteiger partial charge in [-0.3, -0.25) is 4.79 Å². The predicted molar refractivity (Wildman–Crippen MR) is 114 cm³/mol. The first-order valence-electron chi connectivity index (χ1n) is 9.80. The summed E-state index contributed by atoms with van der Waals surface area (Å²) < 4.78 is 11.8. The number of nitrogens with zero attached hydrogens (tertiary/aromatic N) is 1. The molecule has 6 heteroatoms. The van der Waals surface area contributed by atoms with Gasteiger partial charge in [-0.1, -0.05) is 17.7 Å². The third-order valence-corrected chi connectivity index (χ3v) is 5.38. The lowest BCUT2D eigenvalue weighted by Gasteiger charge is -2.26. The maximum Gasteiger partial charge on any atom is 0.219 e. The number of ether oxygens (including phenoxy) is 2. The molecule has 1 atom stereocenters. The van der Waals surface area contributed by atoms with Gasteiger partial charge < -0.3 is 14.8 Å². The van der Waals surface area contributed by atoms with Gasteiger partial charge in [0.1, 0.15) is 11.5 Å². The average molecular weight is 411 g/mol. The fraction of sp³-hybridized carbons (Fsp3) is 0.304.